The van der Waals surface area contributed by atoms with Crippen molar-refractivity contribution in [1.82, 2.24) is 0 Å². The van der Waals surface area contributed by atoms with Crippen LogP contribution in [0.1, 0.15) is 23.6 Å². The van der Waals surface area contributed by atoms with Crippen molar-refractivity contribution in [2.24, 2.45) is 0 Å². The first-order valence-corrected chi connectivity index (χ1v) is 5.06. The molecule has 0 amide bonds. The number of hydrogen-bond donors (Lipinski definition) is 0. The zero-order chi connectivity index (χ0) is 10.8. The Bertz CT molecular complexity index is 430. The fraction of sp³-hybridized carbons (Fsp3) is 0.308. The number of benzene rings is 1. The van der Waals surface area contributed by atoms with Crippen molar-refractivity contribution in [3.05, 3.63) is 41.0 Å². The highest BCUT2D eigenvalue weighted by atomic mass is 16.5. The van der Waals surface area contributed by atoms with Crippen molar-refractivity contribution in [2.45, 2.75) is 19.8 Å². The minimum Gasteiger partial charge on any atom is -0.469 e. The van der Waals surface area contributed by atoms with E-state index < -0.39 is 0 Å². The molecule has 2 nitrogen and oxygen atoms in total. The van der Waals surface area contributed by atoms with Crippen LogP contribution in [0.25, 0.3) is 5.57 Å². The molecule has 1 aromatic carbocycles. The normalized spacial score (nSPS) is 13.3. The number of rotatable bonds is 2. The van der Waals surface area contributed by atoms with E-state index in [1.165, 1.54) is 23.8 Å². The number of esters is 1. The molecule has 0 heterocycles. The molecule has 1 aliphatic carbocycles. The molecule has 1 aromatic rings. The molecule has 0 radical (unpaired) electrons. The van der Waals surface area contributed by atoms with Crippen LogP contribution in [0, 0.1) is 0 Å². The van der Waals surface area contributed by atoms with Gasteiger partial charge in [0.2, 0.25) is 0 Å². The highest BCUT2D eigenvalue weighted by Gasteiger charge is 2.12. The number of hydrogen-bond acceptors (Lipinski definition) is 2. The molecule has 0 unspecified atom stereocenters. The molecule has 0 aromatic heterocycles. The molecule has 0 N–H and O–H groups in total. The van der Waals surface area contributed by atoms with Crippen LogP contribution < -0.4 is 0 Å². The third-order valence-corrected chi connectivity index (χ3v) is 2.80. The maximum Gasteiger partial charge on any atom is 0.309 e. The van der Waals surface area contributed by atoms with Crippen molar-refractivity contribution in [2.75, 3.05) is 7.11 Å². The molecule has 0 aliphatic heterocycles. The average molecular weight is 202 g/mol. The maximum atomic E-state index is 11.1. The fourth-order valence-electron chi connectivity index (χ4n) is 1.92. The molecule has 0 saturated heterocycles. The monoisotopic (exact) mass is 202 g/mol. The summed E-state index contributed by atoms with van der Waals surface area (Å²) in [5.41, 5.74) is 4.98. The number of fused-ring (bicyclic) bond motifs is 1. The molecule has 15 heavy (non-hydrogen) atoms. The Balaban J connectivity index is 2.22. The number of carbonyl (C=O) groups is 1. The van der Waals surface area contributed by atoms with Crippen LogP contribution in [0.3, 0.4) is 0 Å². The summed E-state index contributed by atoms with van der Waals surface area (Å²) in [5, 5.41) is 0. The molecule has 0 saturated carbocycles. The van der Waals surface area contributed by atoms with Crippen LogP contribution in [0.2, 0.25) is 0 Å². The molecule has 0 bridgehead atoms. The summed E-state index contributed by atoms with van der Waals surface area (Å²) in [6.45, 7) is 2.12. The van der Waals surface area contributed by atoms with E-state index >= 15 is 0 Å². The molecule has 78 valence electrons. The summed E-state index contributed by atoms with van der Waals surface area (Å²) in [4.78, 5) is 11.1. The second kappa shape index (κ2) is 3.89. The third-order valence-electron chi connectivity index (χ3n) is 2.80. The van der Waals surface area contributed by atoms with Crippen LogP contribution >= 0.6 is 0 Å². The molecule has 0 fully saturated rings. The molecule has 2 heteroatoms. The maximum absolute atomic E-state index is 11.1. The number of ether oxygens (including phenoxy) is 1. The van der Waals surface area contributed by atoms with Crippen LogP contribution in [0.5, 0.6) is 0 Å². The van der Waals surface area contributed by atoms with Gasteiger partial charge >= 0.3 is 5.97 Å². The van der Waals surface area contributed by atoms with Crippen LogP contribution in [0.15, 0.2) is 24.3 Å². The van der Waals surface area contributed by atoms with Gasteiger partial charge in [-0.1, -0.05) is 24.3 Å². The van der Waals surface area contributed by atoms with E-state index in [1.54, 1.807) is 0 Å². The molecule has 0 atom stereocenters. The molecule has 0 spiro atoms. The summed E-state index contributed by atoms with van der Waals surface area (Å²) in [6.07, 6.45) is 3.56. The second-order valence-electron chi connectivity index (χ2n) is 3.84. The zero-order valence-electron chi connectivity index (χ0n) is 9.04. The summed E-state index contributed by atoms with van der Waals surface area (Å²) < 4.78 is 4.64. The lowest BCUT2D eigenvalue weighted by Crippen LogP contribution is -2.04. The van der Waals surface area contributed by atoms with Gasteiger partial charge in [0.25, 0.3) is 0 Å². The van der Waals surface area contributed by atoms with E-state index in [0.29, 0.717) is 6.42 Å². The van der Waals surface area contributed by atoms with Crippen LogP contribution in [-0.2, 0) is 22.4 Å². The lowest BCUT2D eigenvalue weighted by atomic mass is 10.0. The average Bonchev–Trinajstić information content (AvgIpc) is 2.60. The highest BCUT2D eigenvalue weighted by molar-refractivity contribution is 5.75. The van der Waals surface area contributed by atoms with Gasteiger partial charge < -0.3 is 4.74 Å². The molecular weight excluding hydrogens is 188 g/mol. The summed E-state index contributed by atoms with van der Waals surface area (Å²) in [6, 6.07) is 6.18. The predicted octanol–water partition coefficient (Wildman–Crippen LogP) is 2.36. The van der Waals surface area contributed by atoms with Crippen LogP contribution in [-0.4, -0.2) is 13.1 Å². The molecule has 2 rings (SSSR count). The minimum absolute atomic E-state index is 0.183. The van der Waals surface area contributed by atoms with Crippen molar-refractivity contribution >= 4 is 11.5 Å². The summed E-state index contributed by atoms with van der Waals surface area (Å²) in [5.74, 6) is -0.183. The first-order chi connectivity index (χ1) is 7.20. The van der Waals surface area contributed by atoms with Gasteiger partial charge in [-0.25, -0.2) is 0 Å². The third kappa shape index (κ3) is 1.94. The van der Waals surface area contributed by atoms with Crippen molar-refractivity contribution in [3.63, 3.8) is 0 Å². The Morgan fingerprint density at radius 3 is 3.00 bits per heavy atom. The lowest BCUT2D eigenvalue weighted by molar-refractivity contribution is -0.139. The van der Waals surface area contributed by atoms with Crippen LogP contribution in [0.4, 0.5) is 0 Å². The molecule has 1 aliphatic rings. The van der Waals surface area contributed by atoms with Crippen molar-refractivity contribution in [1.29, 1.82) is 0 Å². The van der Waals surface area contributed by atoms with E-state index in [4.69, 9.17) is 0 Å². The number of allylic oxidation sites excluding steroid dienone is 2. The first kappa shape index (κ1) is 9.97. The standard InChI is InChI=1S/C13H14O2/c1-9-3-5-11-7-10(4-6-12(9)11)8-13(14)15-2/h3-4,6-7H,5,8H2,1-2H3. The number of methoxy groups -OCH3 is 1. The van der Waals surface area contributed by atoms with E-state index in [0.717, 1.165) is 12.0 Å². The van der Waals surface area contributed by atoms with Gasteiger partial charge in [-0.2, -0.15) is 0 Å². The minimum atomic E-state index is -0.183. The fourth-order valence-corrected chi connectivity index (χ4v) is 1.92. The zero-order valence-corrected chi connectivity index (χ0v) is 9.04. The van der Waals surface area contributed by atoms with Gasteiger partial charge in [0.05, 0.1) is 13.5 Å². The van der Waals surface area contributed by atoms with E-state index in [9.17, 15) is 4.79 Å². The van der Waals surface area contributed by atoms with Gasteiger partial charge in [0, 0.05) is 0 Å². The highest BCUT2D eigenvalue weighted by Crippen LogP contribution is 2.27. The van der Waals surface area contributed by atoms with E-state index in [2.05, 4.69) is 29.9 Å². The Morgan fingerprint density at radius 2 is 2.27 bits per heavy atom. The van der Waals surface area contributed by atoms with Gasteiger partial charge in [0.15, 0.2) is 0 Å². The van der Waals surface area contributed by atoms with Crippen molar-refractivity contribution < 1.29 is 9.53 Å². The Labute approximate surface area is 89.6 Å². The summed E-state index contributed by atoms with van der Waals surface area (Å²) in [7, 11) is 1.42. The number of carbonyl (C=O) groups excluding carboxylic acids is 1. The van der Waals surface area contributed by atoms with Crippen molar-refractivity contribution in [3.8, 4) is 0 Å². The Kier molecular flexibility index (Phi) is 2.58. The topological polar surface area (TPSA) is 26.3 Å². The SMILES string of the molecule is COC(=O)Cc1ccc2c(c1)CC=C2C. The largest absolute Gasteiger partial charge is 0.469 e. The van der Waals surface area contributed by atoms with Gasteiger partial charge in [-0.15, -0.1) is 0 Å². The Hall–Kier alpha value is -1.57. The van der Waals surface area contributed by atoms with Gasteiger partial charge in [0.1, 0.15) is 0 Å². The lowest BCUT2D eigenvalue weighted by Gasteiger charge is -2.05. The predicted molar refractivity (Wildman–Crippen MR) is 59.5 cm³/mol. The Morgan fingerprint density at radius 1 is 1.47 bits per heavy atom. The molecular formula is C13H14O2. The van der Waals surface area contributed by atoms with E-state index in [1.807, 2.05) is 6.07 Å². The van der Waals surface area contributed by atoms with Gasteiger partial charge in [-0.3, -0.25) is 4.79 Å². The smallest absolute Gasteiger partial charge is 0.309 e. The second-order valence-corrected chi connectivity index (χ2v) is 3.84. The summed E-state index contributed by atoms with van der Waals surface area (Å²) >= 11 is 0. The quantitative estimate of drug-likeness (QED) is 0.688. The van der Waals surface area contributed by atoms with E-state index in [-0.39, 0.29) is 5.97 Å². The van der Waals surface area contributed by atoms with Gasteiger partial charge in [-0.05, 0) is 35.6 Å². The first-order valence-electron chi connectivity index (χ1n) is 5.06.